The summed E-state index contributed by atoms with van der Waals surface area (Å²) < 4.78 is 5.94. The first-order valence-corrected chi connectivity index (χ1v) is 9.60. The van der Waals surface area contributed by atoms with E-state index in [1.165, 1.54) is 27.8 Å². The topological polar surface area (TPSA) is 38.3 Å². The normalized spacial score (nSPS) is 11.9. The van der Waals surface area contributed by atoms with E-state index in [0.29, 0.717) is 13.0 Å². The van der Waals surface area contributed by atoms with Crippen molar-refractivity contribution in [3.05, 3.63) is 64.2 Å². The van der Waals surface area contributed by atoms with E-state index in [1.807, 2.05) is 25.1 Å². The van der Waals surface area contributed by atoms with Gasteiger partial charge in [0.15, 0.2) is 6.10 Å². The number of amides is 1. The van der Waals surface area contributed by atoms with Crippen LogP contribution in [0.4, 0.5) is 0 Å². The molecule has 2 aromatic carbocycles. The smallest absolute Gasteiger partial charge is 0.261 e. The molecule has 0 saturated carbocycles. The molecule has 0 radical (unpaired) electrons. The second kappa shape index (κ2) is 9.42. The molecule has 3 heteroatoms. The molecule has 0 unspecified atom stereocenters. The molecule has 0 saturated heterocycles. The van der Waals surface area contributed by atoms with Gasteiger partial charge < -0.3 is 10.1 Å². The summed E-state index contributed by atoms with van der Waals surface area (Å²) >= 11 is 0. The molecular formula is C23H31NO2. The zero-order valence-corrected chi connectivity index (χ0v) is 16.7. The fourth-order valence-electron chi connectivity index (χ4n) is 2.98. The summed E-state index contributed by atoms with van der Waals surface area (Å²) in [6, 6.07) is 12.5. The Hall–Kier alpha value is -2.29. The van der Waals surface area contributed by atoms with Crippen LogP contribution < -0.4 is 10.1 Å². The summed E-state index contributed by atoms with van der Waals surface area (Å²) in [6.07, 6.45) is 2.12. The Kier molecular flexibility index (Phi) is 7.26. The first-order valence-electron chi connectivity index (χ1n) is 9.60. The van der Waals surface area contributed by atoms with Crippen molar-refractivity contribution in [3.8, 4) is 5.75 Å². The molecule has 0 aliphatic carbocycles. The van der Waals surface area contributed by atoms with Crippen molar-refractivity contribution in [3.63, 3.8) is 0 Å². The molecule has 0 bridgehead atoms. The highest BCUT2D eigenvalue weighted by Crippen LogP contribution is 2.19. The SMILES string of the molecule is CCc1ccc(CC)c(CNC(=O)[C@@H](CC)Oc2ccc(C)c(C)c2)c1. The van der Waals surface area contributed by atoms with Crippen molar-refractivity contribution < 1.29 is 9.53 Å². The first-order chi connectivity index (χ1) is 12.5. The molecule has 140 valence electrons. The number of benzene rings is 2. The van der Waals surface area contributed by atoms with Gasteiger partial charge in [-0.3, -0.25) is 4.79 Å². The van der Waals surface area contributed by atoms with E-state index in [0.717, 1.165) is 18.6 Å². The van der Waals surface area contributed by atoms with Crippen LogP contribution in [-0.4, -0.2) is 12.0 Å². The second-order valence-corrected chi connectivity index (χ2v) is 6.79. The Labute approximate surface area is 157 Å². The number of nitrogens with one attached hydrogen (secondary N) is 1. The maximum Gasteiger partial charge on any atom is 0.261 e. The van der Waals surface area contributed by atoms with Crippen molar-refractivity contribution in [2.45, 2.75) is 66.5 Å². The Balaban J connectivity index is 2.04. The molecule has 2 rings (SSSR count). The molecule has 1 N–H and O–H groups in total. The standard InChI is InChI=1S/C23H31NO2/c1-6-18-10-11-19(7-2)20(14-18)15-24-23(25)22(8-3)26-21-12-9-16(4)17(5)13-21/h9-14,22H,6-8,15H2,1-5H3,(H,24,25)/t22-/m1/s1. The lowest BCUT2D eigenvalue weighted by Crippen LogP contribution is -2.37. The lowest BCUT2D eigenvalue weighted by atomic mass is 10.0. The lowest BCUT2D eigenvalue weighted by Gasteiger charge is -2.19. The Morgan fingerprint density at radius 3 is 2.35 bits per heavy atom. The van der Waals surface area contributed by atoms with Gasteiger partial charge in [0.1, 0.15) is 5.75 Å². The Morgan fingerprint density at radius 1 is 0.962 bits per heavy atom. The summed E-state index contributed by atoms with van der Waals surface area (Å²) in [5.41, 5.74) is 6.16. The highest BCUT2D eigenvalue weighted by molar-refractivity contribution is 5.81. The molecule has 0 fully saturated rings. The number of hydrogen-bond donors (Lipinski definition) is 1. The van der Waals surface area contributed by atoms with Gasteiger partial charge in [-0.1, -0.05) is 45.0 Å². The van der Waals surface area contributed by atoms with Crippen LogP contribution >= 0.6 is 0 Å². The van der Waals surface area contributed by atoms with Gasteiger partial charge >= 0.3 is 0 Å². The predicted molar refractivity (Wildman–Crippen MR) is 108 cm³/mol. The summed E-state index contributed by atoms with van der Waals surface area (Å²) in [5, 5.41) is 3.06. The van der Waals surface area contributed by atoms with Gasteiger partial charge in [-0.2, -0.15) is 0 Å². The van der Waals surface area contributed by atoms with E-state index in [1.54, 1.807) is 0 Å². The third-order valence-electron chi connectivity index (χ3n) is 4.93. The molecule has 0 aromatic heterocycles. The number of carbonyl (C=O) groups is 1. The molecule has 0 spiro atoms. The van der Waals surface area contributed by atoms with Crippen molar-refractivity contribution in [2.75, 3.05) is 0 Å². The van der Waals surface area contributed by atoms with Crippen LogP contribution in [-0.2, 0) is 24.2 Å². The summed E-state index contributed by atoms with van der Waals surface area (Å²) in [7, 11) is 0. The number of rotatable bonds is 8. The molecule has 0 aliphatic rings. The minimum absolute atomic E-state index is 0.0605. The quantitative estimate of drug-likeness (QED) is 0.733. The van der Waals surface area contributed by atoms with Gasteiger partial charge in [0.2, 0.25) is 0 Å². The molecule has 0 heterocycles. The molecule has 26 heavy (non-hydrogen) atoms. The fraction of sp³-hybridized carbons (Fsp3) is 0.435. The summed E-state index contributed by atoms with van der Waals surface area (Å²) in [5.74, 6) is 0.687. The minimum Gasteiger partial charge on any atom is -0.481 e. The molecule has 0 aliphatic heterocycles. The van der Waals surface area contributed by atoms with Gasteiger partial charge in [-0.15, -0.1) is 0 Å². The minimum atomic E-state index is -0.475. The van der Waals surface area contributed by atoms with Gasteiger partial charge in [-0.25, -0.2) is 0 Å². The monoisotopic (exact) mass is 353 g/mol. The van der Waals surface area contributed by atoms with Crippen LogP contribution in [0, 0.1) is 13.8 Å². The van der Waals surface area contributed by atoms with Crippen molar-refractivity contribution in [1.82, 2.24) is 5.32 Å². The first kappa shape index (κ1) is 20.0. The zero-order chi connectivity index (χ0) is 19.1. The summed E-state index contributed by atoms with van der Waals surface area (Å²) in [4.78, 5) is 12.6. The number of hydrogen-bond acceptors (Lipinski definition) is 2. The van der Waals surface area contributed by atoms with Gasteiger partial charge in [0.25, 0.3) is 5.91 Å². The molecule has 1 atom stereocenters. The van der Waals surface area contributed by atoms with E-state index in [-0.39, 0.29) is 5.91 Å². The van der Waals surface area contributed by atoms with E-state index in [4.69, 9.17) is 4.74 Å². The Morgan fingerprint density at radius 2 is 1.73 bits per heavy atom. The van der Waals surface area contributed by atoms with E-state index < -0.39 is 6.10 Å². The Bertz CT molecular complexity index is 752. The predicted octanol–water partition coefficient (Wildman–Crippen LogP) is 4.90. The second-order valence-electron chi connectivity index (χ2n) is 6.79. The number of ether oxygens (including phenoxy) is 1. The van der Waals surface area contributed by atoms with E-state index >= 15 is 0 Å². The van der Waals surface area contributed by atoms with Gasteiger partial charge in [-0.05, 0) is 73.1 Å². The van der Waals surface area contributed by atoms with Gasteiger partial charge in [0.05, 0.1) is 0 Å². The van der Waals surface area contributed by atoms with Gasteiger partial charge in [0, 0.05) is 6.54 Å². The zero-order valence-electron chi connectivity index (χ0n) is 16.7. The molecule has 2 aromatic rings. The molecule has 3 nitrogen and oxygen atoms in total. The highest BCUT2D eigenvalue weighted by Gasteiger charge is 2.18. The van der Waals surface area contributed by atoms with Crippen LogP contribution in [0.3, 0.4) is 0 Å². The molecule has 1 amide bonds. The number of carbonyl (C=O) groups excluding carboxylic acids is 1. The summed E-state index contributed by atoms with van der Waals surface area (Å²) in [6.45, 7) is 10.9. The van der Waals surface area contributed by atoms with Crippen LogP contribution in [0.1, 0.15) is 55.0 Å². The van der Waals surface area contributed by atoms with Crippen LogP contribution in [0.5, 0.6) is 5.75 Å². The van der Waals surface area contributed by atoms with E-state index in [9.17, 15) is 4.79 Å². The highest BCUT2D eigenvalue weighted by atomic mass is 16.5. The van der Waals surface area contributed by atoms with E-state index in [2.05, 4.69) is 51.2 Å². The van der Waals surface area contributed by atoms with Crippen molar-refractivity contribution in [2.24, 2.45) is 0 Å². The fourth-order valence-corrected chi connectivity index (χ4v) is 2.98. The lowest BCUT2D eigenvalue weighted by molar-refractivity contribution is -0.128. The maximum atomic E-state index is 12.6. The maximum absolute atomic E-state index is 12.6. The third kappa shape index (κ3) is 5.10. The molecular weight excluding hydrogens is 322 g/mol. The average Bonchev–Trinajstić information content (AvgIpc) is 2.66. The van der Waals surface area contributed by atoms with Crippen LogP contribution in [0.15, 0.2) is 36.4 Å². The average molecular weight is 354 g/mol. The van der Waals surface area contributed by atoms with Crippen LogP contribution in [0.25, 0.3) is 0 Å². The van der Waals surface area contributed by atoms with Crippen molar-refractivity contribution in [1.29, 1.82) is 0 Å². The van der Waals surface area contributed by atoms with Crippen LogP contribution in [0.2, 0.25) is 0 Å². The number of aryl methyl sites for hydroxylation is 4. The third-order valence-corrected chi connectivity index (χ3v) is 4.93. The largest absolute Gasteiger partial charge is 0.481 e. The van der Waals surface area contributed by atoms with Crippen molar-refractivity contribution >= 4 is 5.91 Å².